The smallest absolute Gasteiger partial charge is 0.174 e. The first-order chi connectivity index (χ1) is 10.1. The van der Waals surface area contributed by atoms with Crippen LogP contribution in [0.2, 0.25) is 5.02 Å². The standard InChI is InChI=1S/C16H14ClFN2O/c1-11(12-2-7-15(17)16(18)10-12)20-13-3-5-14(6-4-13)21-9-8-19/h2-7,10-11,20H,9H2,1H3. The highest BCUT2D eigenvalue weighted by atomic mass is 35.5. The Hall–Kier alpha value is -2.25. The van der Waals surface area contributed by atoms with E-state index in [1.807, 2.05) is 25.1 Å². The molecule has 108 valence electrons. The van der Waals surface area contributed by atoms with Crippen LogP contribution in [0.3, 0.4) is 0 Å². The Labute approximate surface area is 127 Å². The molecule has 1 N–H and O–H groups in total. The molecule has 0 spiro atoms. The van der Waals surface area contributed by atoms with Gasteiger partial charge in [0.05, 0.1) is 5.02 Å². The largest absolute Gasteiger partial charge is 0.479 e. The van der Waals surface area contributed by atoms with Crippen molar-refractivity contribution in [3.63, 3.8) is 0 Å². The summed E-state index contributed by atoms with van der Waals surface area (Å²) < 4.78 is 18.6. The van der Waals surface area contributed by atoms with Gasteiger partial charge in [0.1, 0.15) is 17.6 Å². The Morgan fingerprint density at radius 2 is 2.00 bits per heavy atom. The lowest BCUT2D eigenvalue weighted by Crippen LogP contribution is -2.07. The Kier molecular flexibility index (Phi) is 5.02. The van der Waals surface area contributed by atoms with Gasteiger partial charge in [-0.25, -0.2) is 4.39 Å². The maximum absolute atomic E-state index is 13.4. The second-order valence-corrected chi connectivity index (χ2v) is 4.92. The second-order valence-electron chi connectivity index (χ2n) is 4.51. The van der Waals surface area contributed by atoms with Crippen LogP contribution in [0, 0.1) is 17.1 Å². The highest BCUT2D eigenvalue weighted by Crippen LogP contribution is 2.24. The van der Waals surface area contributed by atoms with Gasteiger partial charge in [-0.1, -0.05) is 17.7 Å². The summed E-state index contributed by atoms with van der Waals surface area (Å²) >= 11 is 5.67. The van der Waals surface area contributed by atoms with Gasteiger partial charge in [-0.05, 0) is 48.9 Å². The summed E-state index contributed by atoms with van der Waals surface area (Å²) in [7, 11) is 0. The maximum atomic E-state index is 13.4. The van der Waals surface area contributed by atoms with Crippen molar-refractivity contribution in [3.05, 3.63) is 58.9 Å². The van der Waals surface area contributed by atoms with Gasteiger partial charge in [0.15, 0.2) is 6.61 Å². The van der Waals surface area contributed by atoms with Crippen LogP contribution < -0.4 is 10.1 Å². The molecule has 0 amide bonds. The Balaban J connectivity index is 2.03. The number of nitriles is 1. The third-order valence-corrected chi connectivity index (χ3v) is 3.29. The number of nitrogens with one attached hydrogen (secondary N) is 1. The number of nitrogens with zero attached hydrogens (tertiary/aromatic N) is 1. The van der Waals surface area contributed by atoms with Gasteiger partial charge in [0.25, 0.3) is 0 Å². The number of halogens is 2. The molecule has 0 heterocycles. The molecule has 1 atom stereocenters. The van der Waals surface area contributed by atoms with E-state index < -0.39 is 5.82 Å². The minimum atomic E-state index is -0.428. The molecule has 3 nitrogen and oxygen atoms in total. The first-order valence-corrected chi connectivity index (χ1v) is 6.79. The first kappa shape index (κ1) is 15.1. The number of hydrogen-bond donors (Lipinski definition) is 1. The molecule has 2 aromatic carbocycles. The van der Waals surface area contributed by atoms with E-state index >= 15 is 0 Å². The van der Waals surface area contributed by atoms with Crippen LogP contribution in [0.5, 0.6) is 5.75 Å². The summed E-state index contributed by atoms with van der Waals surface area (Å²) in [6.07, 6.45) is 0. The predicted molar refractivity (Wildman–Crippen MR) is 81.0 cm³/mol. The lowest BCUT2D eigenvalue weighted by Gasteiger charge is -2.16. The van der Waals surface area contributed by atoms with Gasteiger partial charge in [0, 0.05) is 11.7 Å². The number of anilines is 1. The Morgan fingerprint density at radius 1 is 1.29 bits per heavy atom. The van der Waals surface area contributed by atoms with Crippen LogP contribution in [-0.2, 0) is 0 Å². The molecule has 0 aliphatic rings. The average Bonchev–Trinajstić information content (AvgIpc) is 2.49. The second kappa shape index (κ2) is 6.96. The molecule has 0 aromatic heterocycles. The van der Waals surface area contributed by atoms with Gasteiger partial charge in [0.2, 0.25) is 0 Å². The van der Waals surface area contributed by atoms with Crippen LogP contribution in [-0.4, -0.2) is 6.61 Å². The van der Waals surface area contributed by atoms with E-state index in [1.54, 1.807) is 24.3 Å². The molecular formula is C16H14ClFN2O. The molecule has 0 fully saturated rings. The van der Waals surface area contributed by atoms with Crippen molar-refractivity contribution < 1.29 is 9.13 Å². The number of ether oxygens (including phenoxy) is 1. The minimum Gasteiger partial charge on any atom is -0.479 e. The Bertz CT molecular complexity index is 652. The van der Waals surface area contributed by atoms with Crippen LogP contribution in [0.25, 0.3) is 0 Å². The number of hydrogen-bond acceptors (Lipinski definition) is 3. The van der Waals surface area contributed by atoms with Crippen LogP contribution in [0.15, 0.2) is 42.5 Å². The summed E-state index contributed by atoms with van der Waals surface area (Å²) in [5.41, 5.74) is 1.68. The molecule has 5 heteroatoms. The lowest BCUT2D eigenvalue weighted by molar-refractivity contribution is 0.368. The van der Waals surface area contributed by atoms with Crippen molar-refractivity contribution in [2.24, 2.45) is 0 Å². The lowest BCUT2D eigenvalue weighted by atomic mass is 10.1. The van der Waals surface area contributed by atoms with Gasteiger partial charge in [-0.15, -0.1) is 0 Å². The van der Waals surface area contributed by atoms with E-state index in [9.17, 15) is 4.39 Å². The monoisotopic (exact) mass is 304 g/mol. The normalized spacial score (nSPS) is 11.5. The topological polar surface area (TPSA) is 45.0 Å². The zero-order chi connectivity index (χ0) is 15.2. The van der Waals surface area contributed by atoms with Crippen molar-refractivity contribution in [2.45, 2.75) is 13.0 Å². The zero-order valence-electron chi connectivity index (χ0n) is 11.4. The zero-order valence-corrected chi connectivity index (χ0v) is 12.2. The van der Waals surface area contributed by atoms with E-state index in [0.29, 0.717) is 5.75 Å². The van der Waals surface area contributed by atoms with E-state index in [2.05, 4.69) is 5.32 Å². The van der Waals surface area contributed by atoms with Gasteiger partial charge in [-0.3, -0.25) is 0 Å². The predicted octanol–water partition coefficient (Wildman–Crippen LogP) is 4.55. The highest BCUT2D eigenvalue weighted by Gasteiger charge is 2.08. The van der Waals surface area contributed by atoms with E-state index in [4.69, 9.17) is 21.6 Å². The molecule has 21 heavy (non-hydrogen) atoms. The molecule has 1 unspecified atom stereocenters. The Morgan fingerprint density at radius 3 is 2.62 bits per heavy atom. The quantitative estimate of drug-likeness (QED) is 0.881. The summed E-state index contributed by atoms with van der Waals surface area (Å²) in [5.74, 6) is 0.204. The van der Waals surface area contributed by atoms with Crippen molar-refractivity contribution >= 4 is 17.3 Å². The van der Waals surface area contributed by atoms with Crippen molar-refractivity contribution in [2.75, 3.05) is 11.9 Å². The SMILES string of the molecule is CC(Nc1ccc(OCC#N)cc1)c1ccc(Cl)c(F)c1. The maximum Gasteiger partial charge on any atom is 0.174 e. The van der Waals surface area contributed by atoms with E-state index in [0.717, 1.165) is 11.3 Å². The molecular weight excluding hydrogens is 291 g/mol. The average molecular weight is 305 g/mol. The highest BCUT2D eigenvalue weighted by molar-refractivity contribution is 6.30. The van der Waals surface area contributed by atoms with E-state index in [1.165, 1.54) is 6.07 Å². The molecule has 0 radical (unpaired) electrons. The van der Waals surface area contributed by atoms with Crippen molar-refractivity contribution in [3.8, 4) is 11.8 Å². The first-order valence-electron chi connectivity index (χ1n) is 6.41. The summed E-state index contributed by atoms with van der Waals surface area (Å²) in [6, 6.07) is 13.8. The molecule has 0 bridgehead atoms. The molecule has 0 saturated carbocycles. The fourth-order valence-corrected chi connectivity index (χ4v) is 2.00. The fourth-order valence-electron chi connectivity index (χ4n) is 1.88. The summed E-state index contributed by atoms with van der Waals surface area (Å²) in [4.78, 5) is 0. The van der Waals surface area contributed by atoms with Gasteiger partial charge >= 0.3 is 0 Å². The third kappa shape index (κ3) is 4.11. The molecule has 0 aliphatic heterocycles. The summed E-state index contributed by atoms with van der Waals surface area (Å²) in [6.45, 7) is 1.95. The molecule has 0 saturated heterocycles. The van der Waals surface area contributed by atoms with Crippen LogP contribution in [0.4, 0.5) is 10.1 Å². The fraction of sp³-hybridized carbons (Fsp3) is 0.188. The van der Waals surface area contributed by atoms with E-state index in [-0.39, 0.29) is 17.7 Å². The number of benzene rings is 2. The molecule has 2 aromatic rings. The minimum absolute atomic E-state index is 0.0211. The van der Waals surface area contributed by atoms with Crippen molar-refractivity contribution in [1.29, 1.82) is 5.26 Å². The van der Waals surface area contributed by atoms with Gasteiger partial charge < -0.3 is 10.1 Å². The van der Waals surface area contributed by atoms with Crippen molar-refractivity contribution in [1.82, 2.24) is 0 Å². The van der Waals surface area contributed by atoms with Crippen LogP contribution in [0.1, 0.15) is 18.5 Å². The third-order valence-electron chi connectivity index (χ3n) is 2.98. The van der Waals surface area contributed by atoms with Crippen LogP contribution >= 0.6 is 11.6 Å². The molecule has 2 rings (SSSR count). The van der Waals surface area contributed by atoms with Gasteiger partial charge in [-0.2, -0.15) is 5.26 Å². The number of rotatable bonds is 5. The summed E-state index contributed by atoms with van der Waals surface area (Å²) in [5, 5.41) is 11.8. The molecule has 0 aliphatic carbocycles.